The van der Waals surface area contributed by atoms with Crippen molar-refractivity contribution in [2.75, 3.05) is 5.32 Å². The van der Waals surface area contributed by atoms with Crippen molar-refractivity contribution in [1.29, 1.82) is 0 Å². The van der Waals surface area contributed by atoms with Crippen LogP contribution in [0.25, 0.3) is 5.57 Å². The molecule has 0 spiro atoms. The van der Waals surface area contributed by atoms with Gasteiger partial charge in [-0.1, -0.05) is 18.7 Å². The number of benzene rings is 1. The summed E-state index contributed by atoms with van der Waals surface area (Å²) >= 11 is 0. The number of carbonyl (C=O) groups excluding carboxylic acids is 1. The summed E-state index contributed by atoms with van der Waals surface area (Å²) in [5, 5.41) is 2.94. The summed E-state index contributed by atoms with van der Waals surface area (Å²) in [7, 11) is 0. The second-order valence-electron chi connectivity index (χ2n) is 4.27. The average Bonchev–Trinajstić information content (AvgIpc) is 2.56. The topological polar surface area (TPSA) is 29.1 Å². The van der Waals surface area contributed by atoms with E-state index in [1.54, 1.807) is 0 Å². The molecule has 0 aromatic heterocycles. The molecule has 1 aliphatic heterocycles. The molecule has 0 atom stereocenters. The Morgan fingerprint density at radius 2 is 2.00 bits per heavy atom. The number of nitrogens with one attached hydrogen (secondary N) is 1. The van der Waals surface area contributed by atoms with E-state index in [0.29, 0.717) is 5.57 Å². The molecule has 1 heterocycles. The third-order valence-electron chi connectivity index (χ3n) is 3.37. The fourth-order valence-electron chi connectivity index (χ4n) is 2.53. The van der Waals surface area contributed by atoms with E-state index in [-0.39, 0.29) is 5.91 Å². The van der Waals surface area contributed by atoms with Crippen LogP contribution in [0.1, 0.15) is 29.5 Å². The molecular formula is C13H13NO. The molecule has 2 nitrogen and oxygen atoms in total. The molecule has 1 aromatic carbocycles. The molecule has 0 unspecified atom stereocenters. The van der Waals surface area contributed by atoms with E-state index in [0.717, 1.165) is 24.1 Å². The third-order valence-corrected chi connectivity index (χ3v) is 3.37. The van der Waals surface area contributed by atoms with Gasteiger partial charge in [-0.25, -0.2) is 0 Å². The highest BCUT2D eigenvalue weighted by atomic mass is 16.1. The second kappa shape index (κ2) is 2.96. The van der Waals surface area contributed by atoms with Crippen molar-refractivity contribution in [1.82, 2.24) is 0 Å². The fourth-order valence-corrected chi connectivity index (χ4v) is 2.53. The molecule has 3 rings (SSSR count). The minimum Gasteiger partial charge on any atom is -0.321 e. The minimum atomic E-state index is -0.0380. The molecule has 76 valence electrons. The lowest BCUT2D eigenvalue weighted by Crippen LogP contribution is -2.08. The Bertz CT molecular complexity index is 474. The first kappa shape index (κ1) is 8.72. The maximum Gasteiger partial charge on any atom is 0.255 e. The Balaban J connectivity index is 2.21. The number of fused-ring (bicyclic) bond motifs is 3. The van der Waals surface area contributed by atoms with Gasteiger partial charge in [-0.05, 0) is 36.8 Å². The SMILES string of the molecule is C=C1C(=O)Nc2c1ccc1c2CCCC1. The third kappa shape index (κ3) is 1.14. The Hall–Kier alpha value is -1.57. The summed E-state index contributed by atoms with van der Waals surface area (Å²) in [6, 6.07) is 4.18. The van der Waals surface area contributed by atoms with Gasteiger partial charge in [-0.15, -0.1) is 0 Å². The smallest absolute Gasteiger partial charge is 0.255 e. The van der Waals surface area contributed by atoms with E-state index >= 15 is 0 Å². The van der Waals surface area contributed by atoms with Crippen LogP contribution in [-0.4, -0.2) is 5.91 Å². The molecule has 1 aromatic rings. The van der Waals surface area contributed by atoms with Gasteiger partial charge >= 0.3 is 0 Å². The summed E-state index contributed by atoms with van der Waals surface area (Å²) < 4.78 is 0. The van der Waals surface area contributed by atoms with Gasteiger partial charge < -0.3 is 5.32 Å². The van der Waals surface area contributed by atoms with Crippen LogP contribution >= 0.6 is 0 Å². The van der Waals surface area contributed by atoms with Gasteiger partial charge in [0.05, 0.1) is 5.69 Å². The van der Waals surface area contributed by atoms with Gasteiger partial charge in [0, 0.05) is 11.1 Å². The lowest BCUT2D eigenvalue weighted by Gasteiger charge is -2.18. The zero-order valence-corrected chi connectivity index (χ0v) is 8.60. The molecule has 1 aliphatic carbocycles. The summed E-state index contributed by atoms with van der Waals surface area (Å²) in [5.41, 5.74) is 5.38. The number of hydrogen-bond acceptors (Lipinski definition) is 1. The molecule has 15 heavy (non-hydrogen) atoms. The van der Waals surface area contributed by atoms with E-state index in [2.05, 4.69) is 18.0 Å². The van der Waals surface area contributed by atoms with Crippen LogP contribution in [0.15, 0.2) is 18.7 Å². The van der Waals surface area contributed by atoms with Crippen molar-refractivity contribution < 1.29 is 4.79 Å². The van der Waals surface area contributed by atoms with Crippen molar-refractivity contribution in [2.45, 2.75) is 25.7 Å². The minimum absolute atomic E-state index is 0.0380. The summed E-state index contributed by atoms with van der Waals surface area (Å²) in [6.07, 6.45) is 4.73. The average molecular weight is 199 g/mol. The number of aryl methyl sites for hydroxylation is 1. The standard InChI is InChI=1S/C13H13NO/c1-8-10-7-6-9-4-2-3-5-11(9)12(10)14-13(8)15/h6-7H,1-5H2,(H,14,15). The van der Waals surface area contributed by atoms with E-state index in [9.17, 15) is 4.79 Å². The normalized spacial score (nSPS) is 18.4. The highest BCUT2D eigenvalue weighted by molar-refractivity contribution is 6.31. The Labute approximate surface area is 89.0 Å². The first-order valence-electron chi connectivity index (χ1n) is 5.43. The maximum absolute atomic E-state index is 11.5. The molecule has 0 radical (unpaired) electrons. The summed E-state index contributed by atoms with van der Waals surface area (Å²) in [5.74, 6) is -0.0380. The van der Waals surface area contributed by atoms with Gasteiger partial charge in [0.25, 0.3) is 5.91 Å². The summed E-state index contributed by atoms with van der Waals surface area (Å²) in [4.78, 5) is 11.5. The largest absolute Gasteiger partial charge is 0.321 e. The lowest BCUT2D eigenvalue weighted by molar-refractivity contribution is -0.110. The molecule has 2 aliphatic rings. The van der Waals surface area contributed by atoms with Crippen molar-refractivity contribution >= 4 is 17.2 Å². The monoisotopic (exact) mass is 199 g/mol. The zero-order valence-electron chi connectivity index (χ0n) is 8.60. The second-order valence-corrected chi connectivity index (χ2v) is 4.27. The molecular weight excluding hydrogens is 186 g/mol. The van der Waals surface area contributed by atoms with Gasteiger partial charge in [0.2, 0.25) is 0 Å². The summed E-state index contributed by atoms with van der Waals surface area (Å²) in [6.45, 7) is 3.81. The molecule has 0 saturated carbocycles. The molecule has 0 fully saturated rings. The van der Waals surface area contributed by atoms with Crippen molar-refractivity contribution in [3.63, 3.8) is 0 Å². The van der Waals surface area contributed by atoms with Crippen LogP contribution < -0.4 is 5.32 Å². The number of rotatable bonds is 0. The Morgan fingerprint density at radius 1 is 1.20 bits per heavy atom. The molecule has 0 saturated heterocycles. The highest BCUT2D eigenvalue weighted by Gasteiger charge is 2.26. The number of hydrogen-bond donors (Lipinski definition) is 1. The quantitative estimate of drug-likeness (QED) is 0.639. The van der Waals surface area contributed by atoms with Crippen molar-refractivity contribution in [3.05, 3.63) is 35.4 Å². The Morgan fingerprint density at radius 3 is 2.87 bits per heavy atom. The van der Waals surface area contributed by atoms with Gasteiger partial charge in [0.15, 0.2) is 0 Å². The number of carbonyl (C=O) groups is 1. The van der Waals surface area contributed by atoms with Crippen molar-refractivity contribution in [2.24, 2.45) is 0 Å². The zero-order chi connectivity index (χ0) is 10.4. The Kier molecular flexibility index (Phi) is 1.72. The number of anilines is 1. The molecule has 1 amide bonds. The molecule has 1 N–H and O–H groups in total. The van der Waals surface area contributed by atoms with Crippen LogP contribution in [0.3, 0.4) is 0 Å². The van der Waals surface area contributed by atoms with Crippen LogP contribution in [0.2, 0.25) is 0 Å². The maximum atomic E-state index is 11.5. The van der Waals surface area contributed by atoms with Gasteiger partial charge in [-0.3, -0.25) is 4.79 Å². The van der Waals surface area contributed by atoms with E-state index in [1.165, 1.54) is 24.0 Å². The van der Waals surface area contributed by atoms with E-state index in [4.69, 9.17) is 0 Å². The van der Waals surface area contributed by atoms with Crippen LogP contribution in [0.5, 0.6) is 0 Å². The van der Waals surface area contributed by atoms with Crippen molar-refractivity contribution in [3.8, 4) is 0 Å². The van der Waals surface area contributed by atoms with E-state index < -0.39 is 0 Å². The molecule has 2 heteroatoms. The highest BCUT2D eigenvalue weighted by Crippen LogP contribution is 2.38. The first-order chi connectivity index (χ1) is 7.27. The fraction of sp³-hybridized carbons (Fsp3) is 0.308. The van der Waals surface area contributed by atoms with Gasteiger partial charge in [0.1, 0.15) is 0 Å². The van der Waals surface area contributed by atoms with Crippen LogP contribution in [0.4, 0.5) is 5.69 Å². The first-order valence-corrected chi connectivity index (χ1v) is 5.43. The lowest BCUT2D eigenvalue weighted by atomic mass is 9.88. The van der Waals surface area contributed by atoms with Crippen LogP contribution in [0, 0.1) is 0 Å². The van der Waals surface area contributed by atoms with Crippen LogP contribution in [-0.2, 0) is 17.6 Å². The predicted octanol–water partition coefficient (Wildman–Crippen LogP) is 2.53. The number of amides is 1. The van der Waals surface area contributed by atoms with Gasteiger partial charge in [-0.2, -0.15) is 0 Å². The predicted molar refractivity (Wildman–Crippen MR) is 60.7 cm³/mol. The molecule has 0 bridgehead atoms. The van der Waals surface area contributed by atoms with E-state index in [1.807, 2.05) is 6.07 Å².